The van der Waals surface area contributed by atoms with Gasteiger partial charge in [0.1, 0.15) is 5.78 Å². The zero-order valence-electron chi connectivity index (χ0n) is 10.7. The van der Waals surface area contributed by atoms with Gasteiger partial charge in [0, 0.05) is 12.3 Å². The molecule has 0 saturated heterocycles. The molecule has 2 saturated carbocycles. The van der Waals surface area contributed by atoms with Gasteiger partial charge in [0.25, 0.3) is 0 Å². The van der Waals surface area contributed by atoms with E-state index in [1.807, 2.05) is 0 Å². The smallest absolute Gasteiger partial charge is 0.140 e. The van der Waals surface area contributed by atoms with Crippen LogP contribution in [0.1, 0.15) is 36.0 Å². The minimum Gasteiger partial charge on any atom is -0.299 e. The Hall–Kier alpha value is -1.11. The SMILES string of the molecule is Cc1ccc(C)c(CC(=O)C2C3CCCC32)c1. The van der Waals surface area contributed by atoms with Crippen molar-refractivity contribution in [2.45, 2.75) is 39.5 Å². The molecule has 17 heavy (non-hydrogen) atoms. The van der Waals surface area contributed by atoms with Crippen molar-refractivity contribution >= 4 is 5.78 Å². The number of hydrogen-bond acceptors (Lipinski definition) is 1. The fourth-order valence-electron chi connectivity index (χ4n) is 3.60. The molecule has 0 N–H and O–H groups in total. The summed E-state index contributed by atoms with van der Waals surface area (Å²) < 4.78 is 0. The Balaban J connectivity index is 1.71. The van der Waals surface area contributed by atoms with E-state index >= 15 is 0 Å². The summed E-state index contributed by atoms with van der Waals surface area (Å²) in [7, 11) is 0. The summed E-state index contributed by atoms with van der Waals surface area (Å²) in [4.78, 5) is 12.3. The van der Waals surface area contributed by atoms with E-state index in [1.165, 1.54) is 36.0 Å². The van der Waals surface area contributed by atoms with Crippen molar-refractivity contribution in [1.82, 2.24) is 0 Å². The highest BCUT2D eigenvalue weighted by molar-refractivity contribution is 5.86. The lowest BCUT2D eigenvalue weighted by atomic mass is 9.97. The van der Waals surface area contributed by atoms with Crippen molar-refractivity contribution in [3.05, 3.63) is 34.9 Å². The topological polar surface area (TPSA) is 17.1 Å². The van der Waals surface area contributed by atoms with Crippen LogP contribution in [-0.4, -0.2) is 5.78 Å². The fraction of sp³-hybridized carbons (Fsp3) is 0.562. The van der Waals surface area contributed by atoms with Gasteiger partial charge in [0.15, 0.2) is 0 Å². The van der Waals surface area contributed by atoms with E-state index in [0.717, 1.165) is 11.8 Å². The van der Waals surface area contributed by atoms with Crippen LogP contribution in [0.2, 0.25) is 0 Å². The quantitative estimate of drug-likeness (QED) is 0.774. The van der Waals surface area contributed by atoms with Gasteiger partial charge in [-0.2, -0.15) is 0 Å². The van der Waals surface area contributed by atoms with Crippen LogP contribution in [-0.2, 0) is 11.2 Å². The lowest BCUT2D eigenvalue weighted by Gasteiger charge is -2.07. The van der Waals surface area contributed by atoms with E-state index in [2.05, 4.69) is 32.0 Å². The third-order valence-electron chi connectivity index (χ3n) is 4.65. The summed E-state index contributed by atoms with van der Waals surface area (Å²) >= 11 is 0. The molecular weight excluding hydrogens is 208 g/mol. The number of carbonyl (C=O) groups excluding carboxylic acids is 1. The first-order valence-electron chi connectivity index (χ1n) is 6.75. The fourth-order valence-corrected chi connectivity index (χ4v) is 3.60. The van der Waals surface area contributed by atoms with E-state index in [9.17, 15) is 4.79 Å². The zero-order valence-corrected chi connectivity index (χ0v) is 10.7. The third-order valence-corrected chi connectivity index (χ3v) is 4.65. The predicted octanol–water partition coefficient (Wildman–Crippen LogP) is 3.46. The second-order valence-corrected chi connectivity index (χ2v) is 5.86. The minimum absolute atomic E-state index is 0.420. The first kappa shape index (κ1) is 11.0. The van der Waals surface area contributed by atoms with Crippen molar-refractivity contribution in [3.63, 3.8) is 0 Å². The number of hydrogen-bond donors (Lipinski definition) is 0. The second kappa shape index (κ2) is 3.97. The van der Waals surface area contributed by atoms with E-state index in [4.69, 9.17) is 0 Å². The Labute approximate surface area is 103 Å². The van der Waals surface area contributed by atoms with Crippen LogP contribution in [0.15, 0.2) is 18.2 Å². The number of fused-ring (bicyclic) bond motifs is 1. The van der Waals surface area contributed by atoms with Crippen LogP contribution in [0.4, 0.5) is 0 Å². The van der Waals surface area contributed by atoms with Crippen LogP contribution in [0.25, 0.3) is 0 Å². The molecule has 90 valence electrons. The Kier molecular flexibility index (Phi) is 2.57. The van der Waals surface area contributed by atoms with Gasteiger partial charge in [0.2, 0.25) is 0 Å². The highest BCUT2D eigenvalue weighted by Crippen LogP contribution is 2.58. The molecule has 1 nitrogen and oxygen atoms in total. The average Bonchev–Trinajstić information content (AvgIpc) is 2.78. The number of Topliss-reactive ketones (excluding diaryl/α,β-unsaturated/α-hetero) is 1. The molecule has 0 spiro atoms. The largest absolute Gasteiger partial charge is 0.299 e. The molecule has 2 aliphatic carbocycles. The Morgan fingerprint density at radius 3 is 2.65 bits per heavy atom. The van der Waals surface area contributed by atoms with Crippen LogP contribution < -0.4 is 0 Å². The normalized spacial score (nSPS) is 30.1. The van der Waals surface area contributed by atoms with E-state index in [1.54, 1.807) is 0 Å². The first-order chi connectivity index (χ1) is 8.16. The van der Waals surface area contributed by atoms with Gasteiger partial charge in [-0.1, -0.05) is 30.2 Å². The van der Waals surface area contributed by atoms with Gasteiger partial charge >= 0.3 is 0 Å². The Bertz CT molecular complexity index is 451. The Morgan fingerprint density at radius 1 is 1.24 bits per heavy atom. The molecule has 1 heteroatoms. The molecule has 2 fully saturated rings. The molecule has 1 aromatic carbocycles. The maximum Gasteiger partial charge on any atom is 0.140 e. The summed E-state index contributed by atoms with van der Waals surface area (Å²) in [6.07, 6.45) is 4.61. The summed E-state index contributed by atoms with van der Waals surface area (Å²) in [5, 5.41) is 0. The van der Waals surface area contributed by atoms with Gasteiger partial charge in [-0.25, -0.2) is 0 Å². The first-order valence-corrected chi connectivity index (χ1v) is 6.75. The molecule has 2 unspecified atom stereocenters. The van der Waals surface area contributed by atoms with Crippen LogP contribution >= 0.6 is 0 Å². The van der Waals surface area contributed by atoms with Gasteiger partial charge in [-0.15, -0.1) is 0 Å². The van der Waals surface area contributed by atoms with Gasteiger partial charge in [-0.05, 0) is 49.7 Å². The lowest BCUT2D eigenvalue weighted by molar-refractivity contribution is -0.120. The maximum atomic E-state index is 12.3. The van der Waals surface area contributed by atoms with E-state index < -0.39 is 0 Å². The molecule has 0 heterocycles. The van der Waals surface area contributed by atoms with Crippen LogP contribution in [0.5, 0.6) is 0 Å². The summed E-state index contributed by atoms with van der Waals surface area (Å²) in [5.74, 6) is 2.43. The molecule has 0 aliphatic heterocycles. The average molecular weight is 228 g/mol. The summed E-state index contributed by atoms with van der Waals surface area (Å²) in [5.41, 5.74) is 3.75. The van der Waals surface area contributed by atoms with Crippen molar-refractivity contribution in [2.75, 3.05) is 0 Å². The molecule has 0 bridgehead atoms. The van der Waals surface area contributed by atoms with Crippen molar-refractivity contribution < 1.29 is 4.79 Å². The maximum absolute atomic E-state index is 12.3. The highest BCUT2D eigenvalue weighted by Gasteiger charge is 2.55. The Morgan fingerprint density at radius 2 is 1.94 bits per heavy atom. The van der Waals surface area contributed by atoms with Gasteiger partial charge in [0.05, 0.1) is 0 Å². The highest BCUT2D eigenvalue weighted by atomic mass is 16.1. The van der Waals surface area contributed by atoms with Gasteiger partial charge < -0.3 is 0 Å². The molecule has 0 amide bonds. The molecule has 2 atom stereocenters. The van der Waals surface area contributed by atoms with Crippen molar-refractivity contribution in [1.29, 1.82) is 0 Å². The molecule has 0 radical (unpaired) electrons. The minimum atomic E-state index is 0.420. The van der Waals surface area contributed by atoms with Crippen LogP contribution in [0.3, 0.4) is 0 Å². The standard InChI is InChI=1S/C16H20O/c1-10-6-7-11(2)12(8-10)9-15(17)16-13-4-3-5-14(13)16/h6-8,13-14,16H,3-5,9H2,1-2H3. The number of aryl methyl sites for hydroxylation is 2. The third kappa shape index (κ3) is 1.92. The van der Waals surface area contributed by atoms with Gasteiger partial charge in [-0.3, -0.25) is 4.79 Å². The monoisotopic (exact) mass is 228 g/mol. The molecule has 1 aromatic rings. The van der Waals surface area contributed by atoms with E-state index in [0.29, 0.717) is 18.1 Å². The van der Waals surface area contributed by atoms with Crippen LogP contribution in [0, 0.1) is 31.6 Å². The second-order valence-electron chi connectivity index (χ2n) is 5.86. The number of carbonyl (C=O) groups is 1. The molecular formula is C16H20O. The predicted molar refractivity (Wildman–Crippen MR) is 68.9 cm³/mol. The number of ketones is 1. The summed E-state index contributed by atoms with van der Waals surface area (Å²) in [6, 6.07) is 6.42. The zero-order chi connectivity index (χ0) is 12.0. The van der Waals surface area contributed by atoms with Crippen molar-refractivity contribution in [2.24, 2.45) is 17.8 Å². The number of benzene rings is 1. The molecule has 0 aromatic heterocycles. The summed E-state index contributed by atoms with van der Waals surface area (Å²) in [6.45, 7) is 4.20. The number of rotatable bonds is 3. The lowest BCUT2D eigenvalue weighted by Crippen LogP contribution is -2.10. The van der Waals surface area contributed by atoms with Crippen molar-refractivity contribution in [3.8, 4) is 0 Å². The molecule has 2 aliphatic rings. The van der Waals surface area contributed by atoms with E-state index in [-0.39, 0.29) is 0 Å². The molecule has 3 rings (SSSR count).